The standard InChI is InChI=1S/C21H38O9/c1-5-18(22)28-12-9-25-15-21(8-4,16-26-10-13-29-19(23)6-2)17-27-11-14-30-20(24)7-3/h5-17H2,1-4H3. The summed E-state index contributed by atoms with van der Waals surface area (Å²) in [6.45, 7) is 9.61. The van der Waals surface area contributed by atoms with Gasteiger partial charge in [0.1, 0.15) is 19.8 Å². The van der Waals surface area contributed by atoms with Gasteiger partial charge in [0.05, 0.1) is 39.6 Å². The molecule has 0 saturated carbocycles. The summed E-state index contributed by atoms with van der Waals surface area (Å²) in [7, 11) is 0. The normalized spacial score (nSPS) is 11.2. The maximum absolute atomic E-state index is 11.2. The molecule has 0 unspecified atom stereocenters. The second-order valence-electron chi connectivity index (χ2n) is 6.73. The topological polar surface area (TPSA) is 107 Å². The third kappa shape index (κ3) is 14.3. The molecule has 0 atom stereocenters. The quantitative estimate of drug-likeness (QED) is 0.172. The smallest absolute Gasteiger partial charge is 0.305 e. The Hall–Kier alpha value is -1.71. The van der Waals surface area contributed by atoms with Gasteiger partial charge in [-0.1, -0.05) is 27.7 Å². The zero-order valence-electron chi connectivity index (χ0n) is 18.9. The van der Waals surface area contributed by atoms with Crippen LogP contribution in [0, 0.1) is 5.41 Å². The van der Waals surface area contributed by atoms with Gasteiger partial charge in [-0.2, -0.15) is 0 Å². The number of hydrogen-bond acceptors (Lipinski definition) is 9. The van der Waals surface area contributed by atoms with Crippen LogP contribution >= 0.6 is 0 Å². The second kappa shape index (κ2) is 18.1. The average Bonchev–Trinajstić information content (AvgIpc) is 2.76. The Morgan fingerprint density at radius 3 is 1.07 bits per heavy atom. The van der Waals surface area contributed by atoms with Gasteiger partial charge in [-0.3, -0.25) is 14.4 Å². The number of ether oxygens (including phenoxy) is 6. The van der Waals surface area contributed by atoms with Crippen molar-refractivity contribution in [3.05, 3.63) is 0 Å². The van der Waals surface area contributed by atoms with Crippen LogP contribution in [-0.4, -0.2) is 77.4 Å². The molecule has 0 heterocycles. The van der Waals surface area contributed by atoms with E-state index in [2.05, 4.69) is 0 Å². The van der Waals surface area contributed by atoms with E-state index >= 15 is 0 Å². The van der Waals surface area contributed by atoms with Crippen LogP contribution < -0.4 is 0 Å². The third-order valence-electron chi connectivity index (χ3n) is 4.31. The van der Waals surface area contributed by atoms with E-state index in [0.29, 0.717) is 45.5 Å². The molecule has 9 nitrogen and oxygen atoms in total. The molecule has 0 fully saturated rings. The average molecular weight is 435 g/mol. The third-order valence-corrected chi connectivity index (χ3v) is 4.31. The number of rotatable bonds is 19. The van der Waals surface area contributed by atoms with E-state index in [1.165, 1.54) is 0 Å². The first-order chi connectivity index (χ1) is 14.4. The fourth-order valence-electron chi connectivity index (χ4n) is 2.25. The van der Waals surface area contributed by atoms with Crippen molar-refractivity contribution in [2.75, 3.05) is 59.5 Å². The minimum Gasteiger partial charge on any atom is -0.463 e. The van der Waals surface area contributed by atoms with Gasteiger partial charge in [0.15, 0.2) is 0 Å². The summed E-state index contributed by atoms with van der Waals surface area (Å²) in [5.41, 5.74) is -0.432. The van der Waals surface area contributed by atoms with Gasteiger partial charge < -0.3 is 28.4 Å². The van der Waals surface area contributed by atoms with Crippen LogP contribution in [-0.2, 0) is 42.8 Å². The van der Waals surface area contributed by atoms with E-state index in [0.717, 1.165) is 0 Å². The number of carbonyl (C=O) groups is 3. The van der Waals surface area contributed by atoms with Gasteiger partial charge in [-0.05, 0) is 6.42 Å². The lowest BCUT2D eigenvalue weighted by Crippen LogP contribution is -2.38. The van der Waals surface area contributed by atoms with Gasteiger partial charge in [0, 0.05) is 24.7 Å². The van der Waals surface area contributed by atoms with E-state index < -0.39 is 5.41 Å². The number of esters is 3. The van der Waals surface area contributed by atoms with Crippen molar-refractivity contribution >= 4 is 17.9 Å². The first-order valence-electron chi connectivity index (χ1n) is 10.6. The Labute approximate surface area is 179 Å². The van der Waals surface area contributed by atoms with Crippen LogP contribution in [0.25, 0.3) is 0 Å². The van der Waals surface area contributed by atoms with Crippen molar-refractivity contribution < 1.29 is 42.8 Å². The zero-order chi connectivity index (χ0) is 22.7. The Bertz CT molecular complexity index is 415. The molecular weight excluding hydrogens is 396 g/mol. The summed E-state index contributed by atoms with van der Waals surface area (Å²) in [4.78, 5) is 33.6. The highest BCUT2D eigenvalue weighted by molar-refractivity contribution is 5.69. The molecule has 0 saturated heterocycles. The lowest BCUT2D eigenvalue weighted by molar-refractivity contribution is -0.147. The fourth-order valence-corrected chi connectivity index (χ4v) is 2.25. The summed E-state index contributed by atoms with van der Waals surface area (Å²) in [5.74, 6) is -0.805. The molecule has 0 aromatic heterocycles. The molecule has 0 aromatic rings. The molecule has 30 heavy (non-hydrogen) atoms. The van der Waals surface area contributed by atoms with Gasteiger partial charge >= 0.3 is 17.9 Å². The highest BCUT2D eigenvalue weighted by Crippen LogP contribution is 2.24. The van der Waals surface area contributed by atoms with Crippen molar-refractivity contribution in [3.63, 3.8) is 0 Å². The molecule has 0 aliphatic rings. The molecule has 0 radical (unpaired) electrons. The van der Waals surface area contributed by atoms with Crippen molar-refractivity contribution in [3.8, 4) is 0 Å². The lowest BCUT2D eigenvalue weighted by atomic mass is 9.88. The van der Waals surface area contributed by atoms with Crippen LogP contribution in [0.4, 0.5) is 0 Å². The van der Waals surface area contributed by atoms with Gasteiger partial charge in [-0.25, -0.2) is 0 Å². The number of carbonyl (C=O) groups excluding carboxylic acids is 3. The van der Waals surface area contributed by atoms with E-state index in [1.807, 2.05) is 6.92 Å². The van der Waals surface area contributed by atoms with Gasteiger partial charge in [-0.15, -0.1) is 0 Å². The second-order valence-corrected chi connectivity index (χ2v) is 6.73. The van der Waals surface area contributed by atoms with Crippen LogP contribution in [0.1, 0.15) is 53.4 Å². The van der Waals surface area contributed by atoms with Crippen LogP contribution in [0.3, 0.4) is 0 Å². The minimum atomic E-state index is -0.432. The van der Waals surface area contributed by atoms with Gasteiger partial charge in [0.25, 0.3) is 0 Å². The van der Waals surface area contributed by atoms with Crippen molar-refractivity contribution in [1.29, 1.82) is 0 Å². The SMILES string of the molecule is CCC(=O)OCCOCC(CC)(COCCOC(=O)CC)COCCOC(=O)CC. The van der Waals surface area contributed by atoms with E-state index in [9.17, 15) is 14.4 Å². The summed E-state index contributed by atoms with van der Waals surface area (Å²) in [6.07, 6.45) is 1.69. The summed E-state index contributed by atoms with van der Waals surface area (Å²) < 4.78 is 32.1. The van der Waals surface area contributed by atoms with Crippen LogP contribution in [0.2, 0.25) is 0 Å². The summed E-state index contributed by atoms with van der Waals surface area (Å²) in [5, 5.41) is 0. The molecule has 0 N–H and O–H groups in total. The molecule has 0 spiro atoms. The van der Waals surface area contributed by atoms with E-state index in [4.69, 9.17) is 28.4 Å². The first-order valence-corrected chi connectivity index (χ1v) is 10.6. The van der Waals surface area contributed by atoms with Crippen LogP contribution in [0.15, 0.2) is 0 Å². The Balaban J connectivity index is 4.47. The summed E-state index contributed by atoms with van der Waals surface area (Å²) >= 11 is 0. The molecule has 0 bridgehead atoms. The molecule has 0 amide bonds. The highest BCUT2D eigenvalue weighted by atomic mass is 16.6. The van der Waals surface area contributed by atoms with Crippen molar-refractivity contribution in [1.82, 2.24) is 0 Å². The molecular formula is C21H38O9. The van der Waals surface area contributed by atoms with Gasteiger partial charge in [0.2, 0.25) is 0 Å². The fraction of sp³-hybridized carbons (Fsp3) is 0.857. The lowest BCUT2D eigenvalue weighted by Gasteiger charge is -2.32. The number of hydrogen-bond donors (Lipinski definition) is 0. The minimum absolute atomic E-state index is 0.189. The maximum Gasteiger partial charge on any atom is 0.305 e. The monoisotopic (exact) mass is 434 g/mol. The van der Waals surface area contributed by atoms with E-state index in [-0.39, 0.29) is 57.5 Å². The predicted molar refractivity (Wildman–Crippen MR) is 109 cm³/mol. The van der Waals surface area contributed by atoms with Crippen LogP contribution in [0.5, 0.6) is 0 Å². The largest absolute Gasteiger partial charge is 0.463 e. The first kappa shape index (κ1) is 28.3. The van der Waals surface area contributed by atoms with Crippen molar-refractivity contribution in [2.24, 2.45) is 5.41 Å². The molecule has 176 valence electrons. The molecule has 0 rings (SSSR count). The Morgan fingerprint density at radius 2 is 0.833 bits per heavy atom. The zero-order valence-corrected chi connectivity index (χ0v) is 18.9. The van der Waals surface area contributed by atoms with E-state index in [1.54, 1.807) is 20.8 Å². The molecule has 0 aliphatic carbocycles. The molecule has 0 aliphatic heterocycles. The summed E-state index contributed by atoms with van der Waals surface area (Å²) in [6, 6.07) is 0. The Kier molecular flexibility index (Phi) is 17.1. The maximum atomic E-state index is 11.2. The molecule has 0 aromatic carbocycles. The highest BCUT2D eigenvalue weighted by Gasteiger charge is 2.30. The molecule has 9 heteroatoms. The predicted octanol–water partition coefficient (Wildman–Crippen LogP) is 2.29. The Morgan fingerprint density at radius 1 is 0.533 bits per heavy atom. The van der Waals surface area contributed by atoms with Crippen molar-refractivity contribution in [2.45, 2.75) is 53.4 Å².